The molecule has 0 aromatic rings. The largest absolute Gasteiger partial charge is 0.466 e. The van der Waals surface area contributed by atoms with Crippen LogP contribution in [0, 0.1) is 0 Å². The lowest BCUT2D eigenvalue weighted by atomic mass is 10.1. The Morgan fingerprint density at radius 3 is 1.96 bits per heavy atom. The number of carbonyl (C=O) groups excluding carboxylic acids is 2. The average Bonchev–Trinajstić information content (AvgIpc) is 2.62. The van der Waals surface area contributed by atoms with E-state index in [1.54, 1.807) is 6.92 Å². The number of esters is 1. The van der Waals surface area contributed by atoms with E-state index in [-0.39, 0.29) is 17.8 Å². The number of hydrogen-bond donors (Lipinski definition) is 0. The predicted octanol–water partition coefficient (Wildman–Crippen LogP) is 5.53. The van der Waals surface area contributed by atoms with Gasteiger partial charge in [0.15, 0.2) is 0 Å². The summed E-state index contributed by atoms with van der Waals surface area (Å²) in [4.78, 5) is 25.8. The van der Waals surface area contributed by atoms with Gasteiger partial charge in [0.05, 0.1) is 12.6 Å². The van der Waals surface area contributed by atoms with Gasteiger partial charge in [0.1, 0.15) is 5.78 Å². The van der Waals surface area contributed by atoms with E-state index in [2.05, 4.69) is 18.7 Å². The summed E-state index contributed by atoms with van der Waals surface area (Å²) in [6, 6.07) is -0.0596. The molecule has 0 saturated heterocycles. The lowest BCUT2D eigenvalue weighted by Crippen LogP contribution is -2.39. The molecule has 0 heterocycles. The van der Waals surface area contributed by atoms with Crippen molar-refractivity contribution in [2.45, 2.75) is 111 Å². The molecule has 0 amide bonds. The monoisotopic (exact) mass is 369 g/mol. The van der Waals surface area contributed by atoms with E-state index >= 15 is 0 Å². The number of rotatable bonds is 18. The molecular formula is C22H43NO3. The van der Waals surface area contributed by atoms with E-state index in [4.69, 9.17) is 4.74 Å². The van der Waals surface area contributed by atoms with Gasteiger partial charge in [-0.15, -0.1) is 0 Å². The number of Topliss-reactive ketones (excluding diaryl/α,β-unsaturated/α-hetero) is 1. The van der Waals surface area contributed by atoms with Gasteiger partial charge in [0, 0.05) is 6.42 Å². The van der Waals surface area contributed by atoms with Crippen LogP contribution in [-0.2, 0) is 14.3 Å². The Morgan fingerprint density at radius 2 is 1.35 bits per heavy atom. The highest BCUT2D eigenvalue weighted by Crippen LogP contribution is 2.10. The minimum atomic E-state index is -0.104. The molecule has 0 fully saturated rings. The van der Waals surface area contributed by atoms with Gasteiger partial charge in [-0.1, -0.05) is 65.2 Å². The normalized spacial score (nSPS) is 12.3. The van der Waals surface area contributed by atoms with Gasteiger partial charge >= 0.3 is 5.97 Å². The van der Waals surface area contributed by atoms with Crippen molar-refractivity contribution in [3.63, 3.8) is 0 Å². The van der Waals surface area contributed by atoms with E-state index in [0.717, 1.165) is 45.2 Å². The highest BCUT2D eigenvalue weighted by molar-refractivity contribution is 5.80. The Balaban J connectivity index is 4.00. The van der Waals surface area contributed by atoms with Crippen LogP contribution in [0.3, 0.4) is 0 Å². The summed E-state index contributed by atoms with van der Waals surface area (Å²) >= 11 is 0. The fraction of sp³-hybridized carbons (Fsp3) is 0.909. The molecule has 4 nitrogen and oxygen atoms in total. The van der Waals surface area contributed by atoms with E-state index in [0.29, 0.717) is 13.0 Å². The predicted molar refractivity (Wildman–Crippen MR) is 109 cm³/mol. The molecule has 0 saturated carbocycles. The first kappa shape index (κ1) is 25.1. The van der Waals surface area contributed by atoms with Crippen LogP contribution in [0.25, 0.3) is 0 Å². The smallest absolute Gasteiger partial charge is 0.305 e. The molecule has 0 radical (unpaired) electrons. The third-order valence-electron chi connectivity index (χ3n) is 5.02. The Hall–Kier alpha value is -0.900. The van der Waals surface area contributed by atoms with Gasteiger partial charge in [-0.2, -0.15) is 0 Å². The molecule has 0 aromatic heterocycles. The Bertz CT molecular complexity index is 357. The van der Waals surface area contributed by atoms with Crippen molar-refractivity contribution >= 4 is 11.8 Å². The Kier molecular flexibility index (Phi) is 16.9. The molecule has 0 spiro atoms. The molecule has 0 aromatic carbocycles. The third kappa shape index (κ3) is 14.3. The zero-order valence-corrected chi connectivity index (χ0v) is 17.9. The van der Waals surface area contributed by atoms with Crippen molar-refractivity contribution in [3.8, 4) is 0 Å². The third-order valence-corrected chi connectivity index (χ3v) is 5.02. The number of nitrogens with zero attached hydrogens (tertiary/aromatic N) is 1. The van der Waals surface area contributed by atoms with Crippen LogP contribution in [0.2, 0.25) is 0 Å². The van der Waals surface area contributed by atoms with Gasteiger partial charge < -0.3 is 4.74 Å². The summed E-state index contributed by atoms with van der Waals surface area (Å²) < 4.78 is 5.25. The number of ether oxygens (including phenoxy) is 1. The van der Waals surface area contributed by atoms with Crippen molar-refractivity contribution < 1.29 is 14.3 Å². The Labute approximate surface area is 162 Å². The molecule has 0 aliphatic heterocycles. The second kappa shape index (κ2) is 17.5. The Morgan fingerprint density at radius 1 is 0.808 bits per heavy atom. The summed E-state index contributed by atoms with van der Waals surface area (Å²) in [7, 11) is 0. The highest BCUT2D eigenvalue weighted by atomic mass is 16.5. The van der Waals surface area contributed by atoms with Crippen LogP contribution in [0.1, 0.15) is 105 Å². The van der Waals surface area contributed by atoms with Crippen LogP contribution >= 0.6 is 0 Å². The molecule has 4 heteroatoms. The molecule has 0 bridgehead atoms. The molecule has 0 N–H and O–H groups in total. The van der Waals surface area contributed by atoms with E-state index in [1.807, 2.05) is 6.92 Å². The second-order valence-corrected chi connectivity index (χ2v) is 7.48. The quantitative estimate of drug-likeness (QED) is 0.235. The summed E-state index contributed by atoms with van der Waals surface area (Å²) in [6.07, 6.45) is 13.3. The van der Waals surface area contributed by atoms with Crippen molar-refractivity contribution in [3.05, 3.63) is 0 Å². The first-order chi connectivity index (χ1) is 12.5. The number of carbonyl (C=O) groups is 2. The molecule has 0 aliphatic carbocycles. The number of hydrogen-bond acceptors (Lipinski definition) is 4. The van der Waals surface area contributed by atoms with Gasteiger partial charge in [-0.3, -0.25) is 14.5 Å². The summed E-state index contributed by atoms with van der Waals surface area (Å²) in [5.74, 6) is 0.0996. The zero-order valence-electron chi connectivity index (χ0n) is 17.9. The molecule has 1 unspecified atom stereocenters. The first-order valence-corrected chi connectivity index (χ1v) is 10.9. The van der Waals surface area contributed by atoms with Gasteiger partial charge in [-0.25, -0.2) is 0 Å². The molecular weight excluding hydrogens is 326 g/mol. The van der Waals surface area contributed by atoms with Crippen molar-refractivity contribution in [1.29, 1.82) is 0 Å². The maximum Gasteiger partial charge on any atom is 0.305 e. The molecule has 26 heavy (non-hydrogen) atoms. The maximum absolute atomic E-state index is 11.8. The first-order valence-electron chi connectivity index (χ1n) is 10.9. The highest BCUT2D eigenvalue weighted by Gasteiger charge is 2.17. The van der Waals surface area contributed by atoms with Gasteiger partial charge in [0.25, 0.3) is 0 Å². The molecule has 154 valence electrons. The number of unbranched alkanes of at least 4 members (excludes halogenated alkanes) is 8. The van der Waals surface area contributed by atoms with Crippen LogP contribution in [0.5, 0.6) is 0 Å². The van der Waals surface area contributed by atoms with Crippen LogP contribution in [0.15, 0.2) is 0 Å². The lowest BCUT2D eigenvalue weighted by molar-refractivity contribution is -0.144. The zero-order chi connectivity index (χ0) is 19.6. The average molecular weight is 370 g/mol. The number of ketones is 1. The minimum absolute atomic E-state index is 0.0596. The molecule has 1 atom stereocenters. The van der Waals surface area contributed by atoms with Crippen LogP contribution in [-0.4, -0.2) is 42.4 Å². The van der Waals surface area contributed by atoms with Crippen LogP contribution in [0.4, 0.5) is 0 Å². The topological polar surface area (TPSA) is 46.6 Å². The minimum Gasteiger partial charge on any atom is -0.466 e. The second-order valence-electron chi connectivity index (χ2n) is 7.48. The van der Waals surface area contributed by atoms with Gasteiger partial charge in [-0.05, 0) is 46.2 Å². The van der Waals surface area contributed by atoms with Crippen LogP contribution < -0.4 is 0 Å². The standard InChI is InChI=1S/C22H43NO3/c1-5-7-9-10-11-12-13-17-23(20(3)21(4)24)18-15-16-22(25)26-19-14-8-6-2/h20H,5-19H2,1-4H3. The molecule has 0 aliphatic rings. The summed E-state index contributed by atoms with van der Waals surface area (Å²) in [6.45, 7) is 10.3. The van der Waals surface area contributed by atoms with Crippen molar-refractivity contribution in [1.82, 2.24) is 4.90 Å². The van der Waals surface area contributed by atoms with E-state index < -0.39 is 0 Å². The lowest BCUT2D eigenvalue weighted by Gasteiger charge is -2.27. The molecule has 0 rings (SSSR count). The van der Waals surface area contributed by atoms with E-state index in [1.165, 1.54) is 38.5 Å². The van der Waals surface area contributed by atoms with E-state index in [9.17, 15) is 9.59 Å². The fourth-order valence-corrected chi connectivity index (χ4v) is 3.06. The van der Waals surface area contributed by atoms with Crippen molar-refractivity contribution in [2.24, 2.45) is 0 Å². The van der Waals surface area contributed by atoms with Crippen molar-refractivity contribution in [2.75, 3.05) is 19.7 Å². The maximum atomic E-state index is 11.8. The SMILES string of the molecule is CCCCCCCCCN(CCCC(=O)OCCCCC)C(C)C(C)=O. The van der Waals surface area contributed by atoms with Gasteiger partial charge in [0.2, 0.25) is 0 Å². The fourth-order valence-electron chi connectivity index (χ4n) is 3.06. The summed E-state index contributed by atoms with van der Waals surface area (Å²) in [5, 5.41) is 0. The summed E-state index contributed by atoms with van der Waals surface area (Å²) in [5.41, 5.74) is 0.